The molecule has 0 unspecified atom stereocenters. The van der Waals surface area contributed by atoms with E-state index in [0.29, 0.717) is 4.90 Å². The van der Waals surface area contributed by atoms with Gasteiger partial charge in [-0.25, -0.2) is 0 Å². The number of thioether (sulfide) groups is 1. The number of hydrogen-bond donors (Lipinski definition) is 1. The Morgan fingerprint density at radius 1 is 1.55 bits per heavy atom. The lowest BCUT2D eigenvalue weighted by Gasteiger charge is -2.00. The number of phenols is 1. The van der Waals surface area contributed by atoms with Gasteiger partial charge in [0.25, 0.3) is 0 Å². The number of phenolic OH excluding ortho intramolecular Hbond substituents is 1. The molecule has 0 saturated carbocycles. The third kappa shape index (κ3) is 1.66. The van der Waals surface area contributed by atoms with Gasteiger partial charge in [0.15, 0.2) is 0 Å². The number of para-hydroxylation sites is 1. The van der Waals surface area contributed by atoms with Gasteiger partial charge < -0.3 is 5.11 Å². The van der Waals surface area contributed by atoms with Crippen LogP contribution in [0.2, 0.25) is 0 Å². The predicted molar refractivity (Wildman–Crippen MR) is 44.3 cm³/mol. The maximum atomic E-state index is 9.36. The van der Waals surface area contributed by atoms with E-state index in [1.165, 1.54) is 0 Å². The van der Waals surface area contributed by atoms with Gasteiger partial charge in [-0.05, 0) is 30.3 Å². The van der Waals surface area contributed by atoms with Crippen molar-refractivity contribution < 1.29 is 5.11 Å². The van der Waals surface area contributed by atoms with Gasteiger partial charge in [0.05, 0.1) is 4.90 Å². The Morgan fingerprint density at radius 2 is 2.27 bits per heavy atom. The Morgan fingerprint density at radius 3 is 2.91 bits per heavy atom. The topological polar surface area (TPSA) is 44.0 Å². The van der Waals surface area contributed by atoms with Crippen molar-refractivity contribution in [3.8, 4) is 11.2 Å². The van der Waals surface area contributed by atoms with Crippen LogP contribution < -0.4 is 0 Å². The normalized spacial score (nSPS) is 9.09. The monoisotopic (exact) mass is 165 g/mol. The number of thiocyanates is 1. The molecule has 0 radical (unpaired) electrons. The van der Waals surface area contributed by atoms with Gasteiger partial charge in [0.1, 0.15) is 11.2 Å². The summed E-state index contributed by atoms with van der Waals surface area (Å²) in [5.41, 5.74) is 0.797. The van der Waals surface area contributed by atoms with Crippen LogP contribution in [0, 0.1) is 17.6 Å². The van der Waals surface area contributed by atoms with Crippen LogP contribution in [0.25, 0.3) is 0 Å². The summed E-state index contributed by atoms with van der Waals surface area (Å²) >= 11 is 0.972. The second-order valence-corrected chi connectivity index (χ2v) is 2.94. The lowest BCUT2D eigenvalue weighted by atomic mass is 10.2. The number of nitrogens with zero attached hydrogens (tertiary/aromatic N) is 1. The summed E-state index contributed by atoms with van der Waals surface area (Å²) < 4.78 is 0. The zero-order valence-corrected chi connectivity index (χ0v) is 6.85. The fourth-order valence-corrected chi connectivity index (χ4v) is 1.27. The molecule has 0 aliphatic carbocycles. The van der Waals surface area contributed by atoms with Crippen molar-refractivity contribution >= 4 is 11.8 Å². The average Bonchev–Trinajstić information content (AvgIpc) is 1.99. The summed E-state index contributed by atoms with van der Waals surface area (Å²) in [5, 5.41) is 19.6. The number of aryl methyl sites for hydroxylation is 1. The van der Waals surface area contributed by atoms with E-state index in [9.17, 15) is 5.11 Å². The van der Waals surface area contributed by atoms with Gasteiger partial charge >= 0.3 is 0 Å². The highest BCUT2D eigenvalue weighted by atomic mass is 32.2. The second-order valence-electron chi connectivity index (χ2n) is 2.12. The Bertz CT molecular complexity index is 303. The van der Waals surface area contributed by atoms with E-state index in [4.69, 9.17) is 5.26 Å². The third-order valence-electron chi connectivity index (χ3n) is 1.36. The van der Waals surface area contributed by atoms with Crippen LogP contribution >= 0.6 is 11.8 Å². The molecule has 1 rings (SSSR count). The lowest BCUT2D eigenvalue weighted by molar-refractivity contribution is 0.458. The predicted octanol–water partition coefficient (Wildman–Crippen LogP) is 2.27. The molecule has 0 saturated heterocycles. The van der Waals surface area contributed by atoms with Gasteiger partial charge in [-0.15, -0.1) is 0 Å². The molecule has 0 heterocycles. The van der Waals surface area contributed by atoms with Crippen LogP contribution in [0.5, 0.6) is 5.75 Å². The quantitative estimate of drug-likeness (QED) is 0.512. The molecule has 11 heavy (non-hydrogen) atoms. The average molecular weight is 165 g/mol. The van der Waals surface area contributed by atoms with Crippen molar-refractivity contribution in [3.05, 3.63) is 23.8 Å². The Labute approximate surface area is 69.5 Å². The molecule has 0 amide bonds. The van der Waals surface area contributed by atoms with E-state index in [1.807, 2.05) is 11.5 Å². The Hall–Kier alpha value is -1.14. The highest BCUT2D eigenvalue weighted by Gasteiger charge is 2.02. The maximum absolute atomic E-state index is 9.36. The molecule has 0 bridgehead atoms. The van der Waals surface area contributed by atoms with Crippen molar-refractivity contribution in [2.24, 2.45) is 0 Å². The van der Waals surface area contributed by atoms with Crippen LogP contribution in [0.15, 0.2) is 23.1 Å². The first-order chi connectivity index (χ1) is 5.25. The van der Waals surface area contributed by atoms with E-state index in [1.54, 1.807) is 19.1 Å². The van der Waals surface area contributed by atoms with Gasteiger partial charge in [0.2, 0.25) is 0 Å². The molecular weight excluding hydrogens is 158 g/mol. The third-order valence-corrected chi connectivity index (χ3v) is 2.00. The van der Waals surface area contributed by atoms with Crippen LogP contribution in [0.3, 0.4) is 0 Å². The van der Waals surface area contributed by atoms with E-state index in [2.05, 4.69) is 0 Å². The van der Waals surface area contributed by atoms with Crippen molar-refractivity contribution in [1.82, 2.24) is 0 Å². The van der Waals surface area contributed by atoms with E-state index in [-0.39, 0.29) is 5.75 Å². The minimum Gasteiger partial charge on any atom is -0.506 e. The van der Waals surface area contributed by atoms with Gasteiger partial charge in [-0.3, -0.25) is 0 Å². The summed E-state index contributed by atoms with van der Waals surface area (Å²) in [7, 11) is 0. The summed E-state index contributed by atoms with van der Waals surface area (Å²) in [6, 6.07) is 5.34. The molecule has 0 fully saturated rings. The number of nitriles is 1. The molecule has 0 aromatic heterocycles. The maximum Gasteiger partial charge on any atom is 0.138 e. The van der Waals surface area contributed by atoms with Crippen molar-refractivity contribution in [1.29, 1.82) is 5.26 Å². The highest BCUT2D eigenvalue weighted by Crippen LogP contribution is 2.29. The standard InChI is InChI=1S/C8H7NOS/c1-6-3-2-4-7(8(6)10)11-5-9/h2-4,10H,1H3. The van der Waals surface area contributed by atoms with E-state index in [0.717, 1.165) is 17.3 Å². The summed E-state index contributed by atoms with van der Waals surface area (Å²) in [4.78, 5) is 0.618. The summed E-state index contributed by atoms with van der Waals surface area (Å²) in [6.07, 6.45) is 0. The fourth-order valence-electron chi connectivity index (χ4n) is 0.764. The first kappa shape index (κ1) is 7.96. The number of aromatic hydroxyl groups is 1. The van der Waals surface area contributed by atoms with Crippen molar-refractivity contribution in [2.75, 3.05) is 0 Å². The molecule has 2 nitrogen and oxygen atoms in total. The molecule has 1 N–H and O–H groups in total. The van der Waals surface area contributed by atoms with Gasteiger partial charge in [-0.2, -0.15) is 5.26 Å². The Kier molecular flexibility index (Phi) is 2.40. The minimum absolute atomic E-state index is 0.207. The number of benzene rings is 1. The largest absolute Gasteiger partial charge is 0.506 e. The van der Waals surface area contributed by atoms with Crippen LogP contribution in [-0.2, 0) is 0 Å². The Balaban J connectivity index is 3.08. The first-order valence-electron chi connectivity index (χ1n) is 3.10. The molecule has 1 aromatic rings. The van der Waals surface area contributed by atoms with Crippen molar-refractivity contribution in [2.45, 2.75) is 11.8 Å². The first-order valence-corrected chi connectivity index (χ1v) is 3.92. The summed E-state index contributed by atoms with van der Waals surface area (Å²) in [6.45, 7) is 1.80. The molecular formula is C8H7NOS. The van der Waals surface area contributed by atoms with Crippen LogP contribution in [0.4, 0.5) is 0 Å². The molecule has 1 aromatic carbocycles. The van der Waals surface area contributed by atoms with E-state index < -0.39 is 0 Å². The van der Waals surface area contributed by atoms with Crippen molar-refractivity contribution in [3.63, 3.8) is 0 Å². The summed E-state index contributed by atoms with van der Waals surface area (Å²) in [5.74, 6) is 0.207. The SMILES string of the molecule is Cc1cccc(SC#N)c1O. The highest BCUT2D eigenvalue weighted by molar-refractivity contribution is 8.03. The zero-order chi connectivity index (χ0) is 8.27. The fraction of sp³-hybridized carbons (Fsp3) is 0.125. The zero-order valence-electron chi connectivity index (χ0n) is 6.03. The molecule has 0 spiro atoms. The van der Waals surface area contributed by atoms with E-state index >= 15 is 0 Å². The number of hydrogen-bond acceptors (Lipinski definition) is 3. The van der Waals surface area contributed by atoms with Crippen LogP contribution in [0.1, 0.15) is 5.56 Å². The van der Waals surface area contributed by atoms with Gasteiger partial charge in [0, 0.05) is 0 Å². The molecule has 0 atom stereocenters. The molecule has 0 aliphatic heterocycles. The van der Waals surface area contributed by atoms with Gasteiger partial charge in [-0.1, -0.05) is 12.1 Å². The second kappa shape index (κ2) is 3.31. The van der Waals surface area contributed by atoms with Crippen LogP contribution in [-0.4, -0.2) is 5.11 Å². The number of rotatable bonds is 1. The lowest BCUT2D eigenvalue weighted by Crippen LogP contribution is -1.76. The molecule has 56 valence electrons. The minimum atomic E-state index is 0.207. The molecule has 0 aliphatic rings. The molecule has 3 heteroatoms. The smallest absolute Gasteiger partial charge is 0.138 e.